The van der Waals surface area contributed by atoms with E-state index in [1.807, 2.05) is 11.3 Å². The van der Waals surface area contributed by atoms with E-state index < -0.39 is 18.4 Å². The van der Waals surface area contributed by atoms with Crippen molar-refractivity contribution in [1.29, 1.82) is 0 Å². The zero-order chi connectivity index (χ0) is 14.5. The van der Waals surface area contributed by atoms with Crippen molar-refractivity contribution in [3.8, 4) is 0 Å². The topological polar surface area (TPSA) is 0 Å². The Hall–Kier alpha value is 0.499. The van der Waals surface area contributed by atoms with Crippen LogP contribution in [0.1, 0.15) is 52.0 Å². The molecular weight excluding hydrogens is 355 g/mol. The van der Waals surface area contributed by atoms with Gasteiger partial charge in [-0.25, -0.2) is 0 Å². The maximum atomic E-state index is 2.54. The van der Waals surface area contributed by atoms with Gasteiger partial charge in [-0.15, -0.1) is 0 Å². The van der Waals surface area contributed by atoms with Crippen LogP contribution in [0.15, 0.2) is 11.4 Å². The second kappa shape index (κ2) is 8.07. The molecule has 1 aromatic rings. The van der Waals surface area contributed by atoms with Gasteiger partial charge in [-0.05, 0) is 0 Å². The number of hydrogen-bond donors (Lipinski definition) is 0. The summed E-state index contributed by atoms with van der Waals surface area (Å²) in [5.41, 5.74) is 1.68. The van der Waals surface area contributed by atoms with Gasteiger partial charge in [0.1, 0.15) is 0 Å². The van der Waals surface area contributed by atoms with Crippen molar-refractivity contribution in [3.63, 3.8) is 0 Å². The van der Waals surface area contributed by atoms with Gasteiger partial charge in [0.05, 0.1) is 0 Å². The summed E-state index contributed by atoms with van der Waals surface area (Å²) < 4.78 is 1.80. The summed E-state index contributed by atoms with van der Waals surface area (Å²) in [6.07, 6.45) is 6.91. The van der Waals surface area contributed by atoms with Crippen LogP contribution in [0.5, 0.6) is 0 Å². The number of rotatable bonds is 8. The van der Waals surface area contributed by atoms with Crippen molar-refractivity contribution in [1.82, 2.24) is 0 Å². The third-order valence-corrected chi connectivity index (χ3v) is 14.5. The van der Waals surface area contributed by atoms with E-state index in [0.29, 0.717) is 0 Å². The van der Waals surface area contributed by atoms with Gasteiger partial charge in [0.2, 0.25) is 0 Å². The van der Waals surface area contributed by atoms with E-state index >= 15 is 0 Å². The van der Waals surface area contributed by atoms with E-state index in [4.69, 9.17) is 0 Å². The minimum atomic E-state index is -1.85. The Labute approximate surface area is 128 Å². The SMILES string of the molecule is CC(C)CCC[C@H](C)CCc1ccs[c]1[Sn]([CH3])([CH3])[CH3]. The normalized spacial score (nSPS) is 14.1. The minimum absolute atomic E-state index is 0.866. The molecule has 0 saturated carbocycles. The molecule has 1 atom stereocenters. The Morgan fingerprint density at radius 3 is 2.32 bits per heavy atom. The van der Waals surface area contributed by atoms with Crippen LogP contribution >= 0.6 is 11.3 Å². The Morgan fingerprint density at radius 2 is 1.74 bits per heavy atom. The third kappa shape index (κ3) is 6.66. The van der Waals surface area contributed by atoms with Gasteiger partial charge < -0.3 is 0 Å². The molecule has 1 aromatic heterocycles. The zero-order valence-electron chi connectivity index (χ0n) is 13.8. The summed E-state index contributed by atoms with van der Waals surface area (Å²) in [6.45, 7) is 7.10. The number of aryl methyl sites for hydroxylation is 1. The first-order valence-electron chi connectivity index (χ1n) is 7.87. The molecule has 0 unspecified atom stereocenters. The first-order chi connectivity index (χ1) is 8.80. The summed E-state index contributed by atoms with van der Waals surface area (Å²) in [4.78, 5) is 7.61. The van der Waals surface area contributed by atoms with Crippen molar-refractivity contribution in [2.75, 3.05) is 0 Å². The quantitative estimate of drug-likeness (QED) is 0.503. The van der Waals surface area contributed by atoms with Crippen LogP contribution in [0, 0.1) is 11.8 Å². The van der Waals surface area contributed by atoms with Crippen molar-refractivity contribution in [2.24, 2.45) is 11.8 Å². The summed E-state index contributed by atoms with van der Waals surface area (Å²) in [7, 11) is 0. The standard InChI is InChI=1S/C14H23S.3CH3.Sn/c1-12(2)5-4-6-13(3)7-8-14-9-10-15-11-14;;;;/h9-10,12-13H,4-8H2,1-3H3;3*1H3;/t13-;;;;/m0..../s1. The fraction of sp³-hybridized carbons (Fsp3) is 0.765. The van der Waals surface area contributed by atoms with Gasteiger partial charge in [-0.3, -0.25) is 0 Å². The molecule has 19 heavy (non-hydrogen) atoms. The molecule has 0 radical (unpaired) electrons. The van der Waals surface area contributed by atoms with Gasteiger partial charge in [-0.2, -0.15) is 0 Å². The van der Waals surface area contributed by atoms with E-state index in [1.165, 1.54) is 32.1 Å². The van der Waals surface area contributed by atoms with Crippen molar-refractivity contribution in [3.05, 3.63) is 17.0 Å². The second-order valence-electron chi connectivity index (χ2n) is 7.49. The molecule has 110 valence electrons. The summed E-state index contributed by atoms with van der Waals surface area (Å²) in [5.74, 6) is 1.76. The molecule has 1 heterocycles. The Bertz CT molecular complexity index is 360. The average Bonchev–Trinajstić information content (AvgIpc) is 2.73. The Morgan fingerprint density at radius 1 is 1.05 bits per heavy atom. The fourth-order valence-corrected chi connectivity index (χ4v) is 10.6. The van der Waals surface area contributed by atoms with Crippen LogP contribution in [-0.4, -0.2) is 18.4 Å². The summed E-state index contributed by atoms with van der Waals surface area (Å²) >= 11 is 0.172. The van der Waals surface area contributed by atoms with Crippen LogP contribution < -0.4 is 2.89 Å². The molecule has 1 rings (SSSR count). The first-order valence-corrected chi connectivity index (χ1v) is 18.7. The van der Waals surface area contributed by atoms with Crippen molar-refractivity contribution < 1.29 is 0 Å². The third-order valence-electron chi connectivity index (χ3n) is 3.81. The first kappa shape index (κ1) is 17.5. The molecule has 0 amide bonds. The molecular formula is C17H32SSn. The van der Waals surface area contributed by atoms with Gasteiger partial charge in [0.15, 0.2) is 0 Å². The number of thiophene rings is 1. The van der Waals surface area contributed by atoms with Crippen LogP contribution in [0.2, 0.25) is 14.8 Å². The maximum absolute atomic E-state index is 2.54. The fourth-order valence-electron chi connectivity index (χ4n) is 2.61. The molecule has 0 N–H and O–H groups in total. The monoisotopic (exact) mass is 388 g/mol. The van der Waals surface area contributed by atoms with Crippen LogP contribution in [0.25, 0.3) is 0 Å². The molecule has 0 aromatic carbocycles. The molecule has 0 aliphatic rings. The van der Waals surface area contributed by atoms with Gasteiger partial charge >= 0.3 is 129 Å². The zero-order valence-corrected chi connectivity index (χ0v) is 17.4. The second-order valence-corrected chi connectivity index (χ2v) is 23.7. The van der Waals surface area contributed by atoms with Gasteiger partial charge in [0, 0.05) is 0 Å². The molecule has 0 spiro atoms. The molecule has 0 aliphatic carbocycles. The van der Waals surface area contributed by atoms with E-state index in [1.54, 1.807) is 8.46 Å². The van der Waals surface area contributed by atoms with Crippen LogP contribution in [0.4, 0.5) is 0 Å². The number of hydrogen-bond acceptors (Lipinski definition) is 1. The molecule has 0 bridgehead atoms. The molecule has 0 fully saturated rings. The Kier molecular flexibility index (Phi) is 7.45. The predicted molar refractivity (Wildman–Crippen MR) is 93.5 cm³/mol. The van der Waals surface area contributed by atoms with Crippen molar-refractivity contribution >= 4 is 32.6 Å². The van der Waals surface area contributed by atoms with E-state index in [0.717, 1.165) is 11.8 Å². The Balaban J connectivity index is 2.38. The van der Waals surface area contributed by atoms with Crippen molar-refractivity contribution in [2.45, 2.75) is 67.7 Å². The average molecular weight is 387 g/mol. The van der Waals surface area contributed by atoms with E-state index in [2.05, 4.69) is 47.0 Å². The van der Waals surface area contributed by atoms with E-state index in [9.17, 15) is 0 Å². The summed E-state index contributed by atoms with van der Waals surface area (Å²) in [6, 6.07) is 2.39. The van der Waals surface area contributed by atoms with Gasteiger partial charge in [0.25, 0.3) is 0 Å². The molecule has 0 saturated heterocycles. The van der Waals surface area contributed by atoms with Crippen LogP contribution in [0.3, 0.4) is 0 Å². The molecule has 2 heteroatoms. The molecule has 0 aliphatic heterocycles. The molecule has 0 nitrogen and oxygen atoms in total. The predicted octanol–water partition coefficient (Wildman–Crippen LogP) is 5.69. The van der Waals surface area contributed by atoms with Gasteiger partial charge in [-0.1, -0.05) is 0 Å². The van der Waals surface area contributed by atoms with Crippen LogP contribution in [-0.2, 0) is 6.42 Å². The van der Waals surface area contributed by atoms with E-state index in [-0.39, 0.29) is 0 Å². The summed E-state index contributed by atoms with van der Waals surface area (Å²) in [5, 5.41) is 2.32.